The highest BCUT2D eigenvalue weighted by atomic mass is 127. The smallest absolute Gasteiger partial charge is 0.340 e. The van der Waals surface area contributed by atoms with Gasteiger partial charge in [0.25, 0.3) is 19.3 Å². The van der Waals surface area contributed by atoms with E-state index in [-0.39, 0.29) is 76.1 Å². The molecule has 0 aliphatic rings. The zero-order valence-electron chi connectivity index (χ0n) is 70.3. The molecule has 680 valence electrons. The van der Waals surface area contributed by atoms with Gasteiger partial charge >= 0.3 is 46.8 Å². The molecule has 36 nitrogen and oxygen atoms in total. The van der Waals surface area contributed by atoms with Gasteiger partial charge in [-0.1, -0.05) is 89.6 Å². The molecule has 49 heteroatoms. The van der Waals surface area contributed by atoms with E-state index in [1.807, 2.05) is 53.2 Å². The summed E-state index contributed by atoms with van der Waals surface area (Å²) >= 11 is 4.37. The van der Waals surface area contributed by atoms with E-state index in [0.29, 0.717) is 24.8 Å². The summed E-state index contributed by atoms with van der Waals surface area (Å²) in [5, 5.41) is 14.8. The number of nitrogens with zero attached hydrogens (tertiary/aromatic N) is 12. The molecule has 5 aromatic carbocycles. The van der Waals surface area contributed by atoms with Crippen molar-refractivity contribution in [3.63, 3.8) is 0 Å². The number of nitrogens with one attached hydrogen (secondary N) is 7. The highest BCUT2D eigenvalue weighted by Gasteiger charge is 2.26. The van der Waals surface area contributed by atoms with Gasteiger partial charge in [-0.2, -0.15) is 63.6 Å². The fourth-order valence-corrected chi connectivity index (χ4v) is 16.6. The van der Waals surface area contributed by atoms with Crippen LogP contribution in [0.4, 0.5) is 40.3 Å². The first kappa shape index (κ1) is 109. The predicted octanol–water partition coefficient (Wildman–Crippen LogP) is 11.3. The number of esters is 1. The van der Waals surface area contributed by atoms with Crippen LogP contribution in [0.2, 0.25) is 0 Å². The van der Waals surface area contributed by atoms with Gasteiger partial charge in [0.2, 0.25) is 0 Å². The maximum absolute atomic E-state index is 14.0. The van der Waals surface area contributed by atoms with Crippen molar-refractivity contribution in [2.75, 3.05) is 108 Å². The van der Waals surface area contributed by atoms with Crippen molar-refractivity contribution in [3.05, 3.63) is 216 Å². The Bertz CT molecular complexity index is 6020. The number of carbonyl (C=O) groups is 3. The van der Waals surface area contributed by atoms with Gasteiger partial charge in [0.15, 0.2) is 41.5 Å². The third-order valence-electron chi connectivity index (χ3n) is 17.0. The van der Waals surface area contributed by atoms with E-state index in [1.165, 1.54) is 122 Å². The number of aliphatic hydroxyl groups excluding tert-OH is 1. The topological polar surface area (TPSA) is 476 Å². The van der Waals surface area contributed by atoms with E-state index in [0.717, 1.165) is 88.8 Å². The Morgan fingerprint density at radius 1 is 0.516 bits per heavy atom. The van der Waals surface area contributed by atoms with Crippen LogP contribution in [0, 0.1) is 58.1 Å². The van der Waals surface area contributed by atoms with Crippen LogP contribution < -0.4 is 24.2 Å². The molecule has 0 aliphatic heterocycles. The molecule has 6 heterocycles. The lowest BCUT2D eigenvalue weighted by atomic mass is 10.2. The van der Waals surface area contributed by atoms with Crippen LogP contribution >= 0.6 is 55.9 Å². The Morgan fingerprint density at radius 3 is 1.30 bits per heavy atom. The fraction of sp³-hybridized carbons (Fsp3) is 0.320. The standard InChI is InChI=1S/C14H12IN3O2S.C11H15FN2O4S.C10H15FN2O3S.2C10H13FN2O3S.C7H6IN3.C7H7N3.C3H8ClNO2S.C3H9N/c1-9-3-5-11(6-4-9)21(19,20)18-7-12(15)13-10(2)16-8-17-14(13)18;1-4-14(2)19(16,17)13-9-7-5-6-8(10(9)12)11(15)18-3;3*1-3-13(2)17(15,16)12-9-6-4-5-8(7-14)10(9)11;1-4-6-5(8)2-9-7(6)11-3-10-4;1-5-6-2-3-8-7(6)10-4-9-5;1-3-5(2)8(4,6)7;1-3-4-2/h3-8H,1-2H3;5-7,13H,4H2,1-3H3;4-6,12,14H,3,7H2,1-2H3;2*4-7,12H,3H2,1-2H3;2-3H,1H3,(H,9,10,11);2-4H,1H3,(H,8,9,10);3H2,1-2H3;4H,3H2,1-2H3. The van der Waals surface area contributed by atoms with Crippen LogP contribution in [0.5, 0.6) is 0 Å². The number of aromatic amines is 2. The van der Waals surface area contributed by atoms with E-state index >= 15 is 0 Å². The minimum atomic E-state index is -3.84. The van der Waals surface area contributed by atoms with Gasteiger partial charge in [-0.05, 0) is 147 Å². The van der Waals surface area contributed by atoms with Crippen LogP contribution in [0.1, 0.15) is 101 Å². The monoisotopic (exact) mass is 2090 g/mol. The lowest BCUT2D eigenvalue weighted by molar-refractivity contribution is 0.0595. The van der Waals surface area contributed by atoms with Crippen molar-refractivity contribution >= 4 is 190 Å². The molecule has 0 saturated carbocycles. The zero-order valence-corrected chi connectivity index (χ0v) is 80.3. The number of methoxy groups -OCH3 is 1. The van der Waals surface area contributed by atoms with E-state index in [4.69, 9.17) is 15.8 Å². The number of fused-ring (bicyclic) bond motifs is 3. The van der Waals surface area contributed by atoms with Crippen LogP contribution in [-0.4, -0.2) is 228 Å². The summed E-state index contributed by atoms with van der Waals surface area (Å²) in [7, 11) is -7.45. The predicted molar refractivity (Wildman–Crippen MR) is 488 cm³/mol. The lowest BCUT2D eigenvalue weighted by Crippen LogP contribution is -2.32. The van der Waals surface area contributed by atoms with Crippen LogP contribution in [0.3, 0.4) is 0 Å². The number of ether oxygens (including phenoxy) is 1. The number of hydrogen-bond acceptors (Lipinski definition) is 24. The Kier molecular flexibility index (Phi) is 44.7. The molecule has 0 aliphatic carbocycles. The highest BCUT2D eigenvalue weighted by molar-refractivity contribution is 14.1. The molecule has 0 fully saturated rings. The number of halogens is 7. The van der Waals surface area contributed by atoms with E-state index in [1.54, 1.807) is 77.7 Å². The summed E-state index contributed by atoms with van der Waals surface area (Å²) < 4.78 is 215. The SMILES string of the molecule is CCN(C)S(=O)(=O)Cl.CCN(C)S(=O)(=O)Nc1cccc(C(=O)OC)c1F.CCN(C)S(=O)(=O)Nc1cccc(C=O)c1F.CCN(C)S(=O)(=O)Nc1cccc(C=O)c1F.CCN(C)S(=O)(=O)Nc1cccc(CO)c1F.CCNC.Cc1ccc(S(=O)(=O)n2cc(I)c3c(C)ncnc32)cc1.Cc1ncnc2[nH]cc(I)c12.Cc1ncnc2[nH]ccc12. The van der Waals surface area contributed by atoms with Gasteiger partial charge in [0.05, 0.1) is 85.9 Å². The number of aryl methyl sites for hydroxylation is 4. The lowest BCUT2D eigenvalue weighted by Gasteiger charge is -2.17. The molecule has 0 spiro atoms. The number of aliphatic hydroxyl groups is 1. The number of rotatable bonds is 25. The third-order valence-corrected chi connectivity index (χ3v) is 28.2. The molecule has 0 unspecified atom stereocenters. The molecule has 6 aromatic heterocycles. The molecule has 11 aromatic rings. The van der Waals surface area contributed by atoms with Crippen molar-refractivity contribution in [1.29, 1.82) is 0 Å². The molecular weight excluding hydrogens is 2000 g/mol. The minimum Gasteiger partial charge on any atom is -0.465 e. The fourth-order valence-electron chi connectivity index (χ4n) is 9.02. The Balaban J connectivity index is 0.000000368. The minimum absolute atomic E-state index is 0.0457. The van der Waals surface area contributed by atoms with Crippen molar-refractivity contribution in [3.8, 4) is 0 Å². The molecule has 0 bridgehead atoms. The van der Waals surface area contributed by atoms with Crippen LogP contribution in [0.25, 0.3) is 33.1 Å². The van der Waals surface area contributed by atoms with E-state index in [9.17, 15) is 82.5 Å². The average molecular weight is 2100 g/mol. The molecule has 0 saturated heterocycles. The maximum atomic E-state index is 14.0. The largest absolute Gasteiger partial charge is 0.465 e. The molecule has 0 atom stereocenters. The number of anilines is 4. The third kappa shape index (κ3) is 31.8. The number of aromatic nitrogens is 9. The van der Waals surface area contributed by atoms with Gasteiger partial charge in [-0.3, -0.25) is 28.5 Å². The van der Waals surface area contributed by atoms with E-state index in [2.05, 4.69) is 121 Å². The molecule has 0 amide bonds. The molecular formula is C75H98ClF4I2N19O17S6. The Morgan fingerprint density at radius 2 is 0.911 bits per heavy atom. The summed E-state index contributed by atoms with van der Waals surface area (Å²) in [5.41, 5.74) is 4.44. The summed E-state index contributed by atoms with van der Waals surface area (Å²) in [5.74, 6) is -4.36. The molecule has 11 rings (SSSR count). The van der Waals surface area contributed by atoms with Crippen molar-refractivity contribution in [2.45, 2.75) is 80.7 Å². The summed E-state index contributed by atoms with van der Waals surface area (Å²) in [6, 6.07) is 24.6. The first-order valence-electron chi connectivity index (χ1n) is 36.5. The number of aldehydes is 2. The Hall–Kier alpha value is -9.14. The number of carbonyl (C=O) groups excluding carboxylic acids is 3. The molecule has 8 N–H and O–H groups in total. The summed E-state index contributed by atoms with van der Waals surface area (Å²) in [6.07, 6.45) is 10.6. The molecule has 0 radical (unpaired) electrons. The maximum Gasteiger partial charge on any atom is 0.340 e. The second kappa shape index (κ2) is 50.9. The number of H-pyrrole nitrogens is 2. The van der Waals surface area contributed by atoms with Crippen molar-refractivity contribution < 1.29 is 92.3 Å². The van der Waals surface area contributed by atoms with Crippen molar-refractivity contribution in [2.24, 2.45) is 0 Å². The number of hydrogen-bond donors (Lipinski definition) is 8. The van der Waals surface area contributed by atoms with Gasteiger partial charge < -0.3 is 25.1 Å². The van der Waals surface area contributed by atoms with Crippen LogP contribution in [0.15, 0.2) is 146 Å². The normalized spacial score (nSPS) is 11.4. The van der Waals surface area contributed by atoms with Crippen LogP contribution in [-0.2, 0) is 71.4 Å². The molecule has 124 heavy (non-hydrogen) atoms. The first-order valence-corrected chi connectivity index (χ1v) is 48.2. The summed E-state index contributed by atoms with van der Waals surface area (Å²) in [6.45, 7) is 20.1. The number of benzene rings is 5. The van der Waals surface area contributed by atoms with Gasteiger partial charge in [-0.15, -0.1) is 0 Å². The average Bonchev–Trinajstić information content (AvgIpc) is 1.60. The second-order valence-corrected chi connectivity index (χ2v) is 39.0. The van der Waals surface area contributed by atoms with Gasteiger partial charge in [0.1, 0.15) is 30.3 Å². The first-order chi connectivity index (χ1) is 58.1. The van der Waals surface area contributed by atoms with Crippen molar-refractivity contribution in [1.82, 2.24) is 70.7 Å². The summed E-state index contributed by atoms with van der Waals surface area (Å²) in [4.78, 5) is 63.2. The van der Waals surface area contributed by atoms with Gasteiger partial charge in [-0.25, -0.2) is 64.7 Å². The zero-order chi connectivity index (χ0) is 94.0. The van der Waals surface area contributed by atoms with Gasteiger partial charge in [0, 0.05) is 115 Å². The highest BCUT2D eigenvalue weighted by Crippen LogP contribution is 2.29. The quantitative estimate of drug-likeness (QED) is 0.00866. The van der Waals surface area contributed by atoms with E-state index < -0.39 is 95.9 Å². The Labute approximate surface area is 751 Å². The second-order valence-electron chi connectivity index (χ2n) is 25.2.